The van der Waals surface area contributed by atoms with E-state index in [1.165, 1.54) is 12.1 Å². The zero-order valence-electron chi connectivity index (χ0n) is 11.3. The predicted molar refractivity (Wildman–Crippen MR) is 75.6 cm³/mol. The molecule has 0 saturated carbocycles. The first-order chi connectivity index (χ1) is 9.97. The Hall–Kier alpha value is -2.89. The van der Waals surface area contributed by atoms with Crippen LogP contribution in [0.25, 0.3) is 0 Å². The molecule has 1 N–H and O–H groups in total. The lowest BCUT2D eigenvalue weighted by Gasteiger charge is -2.09. The lowest BCUT2D eigenvalue weighted by atomic mass is 10.1. The summed E-state index contributed by atoms with van der Waals surface area (Å²) in [4.78, 5) is 21.2. The molecule has 0 amide bonds. The van der Waals surface area contributed by atoms with E-state index < -0.39 is 10.9 Å². The highest BCUT2D eigenvalue weighted by molar-refractivity contribution is 5.91. The first kappa shape index (κ1) is 14.5. The van der Waals surface area contributed by atoms with Crippen LogP contribution in [0.4, 0.5) is 5.69 Å². The van der Waals surface area contributed by atoms with E-state index in [-0.39, 0.29) is 23.6 Å². The average Bonchev–Trinajstić information content (AvgIpc) is 2.46. The quantitative estimate of drug-likeness (QED) is 0.673. The lowest BCUT2D eigenvalue weighted by molar-refractivity contribution is -0.384. The summed E-state index contributed by atoms with van der Waals surface area (Å²) in [6.07, 6.45) is 0. The van der Waals surface area contributed by atoms with Crippen molar-refractivity contribution in [3.05, 3.63) is 69.3 Å². The molecule has 21 heavy (non-hydrogen) atoms. The van der Waals surface area contributed by atoms with Gasteiger partial charge in [0.25, 0.3) is 5.69 Å². The van der Waals surface area contributed by atoms with Crippen molar-refractivity contribution in [3.8, 4) is 5.75 Å². The molecule has 6 heteroatoms. The molecule has 2 aromatic carbocycles. The molecular weight excluding hydrogens is 274 g/mol. The van der Waals surface area contributed by atoms with Crippen molar-refractivity contribution in [1.82, 2.24) is 0 Å². The number of carboxylic acid groups (broad SMARTS) is 1. The third kappa shape index (κ3) is 3.56. The molecule has 0 aliphatic carbocycles. The Morgan fingerprint density at radius 2 is 1.90 bits per heavy atom. The molecule has 0 bridgehead atoms. The number of rotatable bonds is 5. The van der Waals surface area contributed by atoms with Gasteiger partial charge in [-0.15, -0.1) is 0 Å². The molecule has 6 nitrogen and oxygen atoms in total. The van der Waals surface area contributed by atoms with Crippen LogP contribution in [0, 0.1) is 17.0 Å². The van der Waals surface area contributed by atoms with Gasteiger partial charge in [0.05, 0.1) is 4.92 Å². The summed E-state index contributed by atoms with van der Waals surface area (Å²) in [6.45, 7) is 2.15. The van der Waals surface area contributed by atoms with Gasteiger partial charge in [0.2, 0.25) is 0 Å². The Labute approximate surface area is 120 Å². The predicted octanol–water partition coefficient (Wildman–Crippen LogP) is 3.18. The van der Waals surface area contributed by atoms with Crippen LogP contribution >= 0.6 is 0 Å². The maximum absolute atomic E-state index is 11.1. The van der Waals surface area contributed by atoms with Crippen LogP contribution in [0.5, 0.6) is 5.75 Å². The lowest BCUT2D eigenvalue weighted by Crippen LogP contribution is -2.04. The number of aromatic carboxylic acids is 1. The average molecular weight is 287 g/mol. The maximum atomic E-state index is 11.1. The SMILES string of the molecule is Cc1ccc(COc2ccc([N+](=O)[O-])cc2C(=O)O)cc1. The van der Waals surface area contributed by atoms with E-state index >= 15 is 0 Å². The van der Waals surface area contributed by atoms with Crippen molar-refractivity contribution >= 4 is 11.7 Å². The van der Waals surface area contributed by atoms with Crippen molar-refractivity contribution in [2.24, 2.45) is 0 Å². The van der Waals surface area contributed by atoms with E-state index in [9.17, 15) is 14.9 Å². The van der Waals surface area contributed by atoms with E-state index in [1.807, 2.05) is 31.2 Å². The standard InChI is InChI=1S/C15H13NO5/c1-10-2-4-11(5-3-10)9-21-14-7-6-12(16(19)20)8-13(14)15(17)18/h2-8H,9H2,1H3,(H,17,18). The number of nitro groups is 1. The van der Waals surface area contributed by atoms with Crippen molar-refractivity contribution in [3.63, 3.8) is 0 Å². The Morgan fingerprint density at radius 3 is 2.48 bits per heavy atom. The number of nitro benzene ring substituents is 1. The van der Waals surface area contributed by atoms with Gasteiger partial charge in [0.1, 0.15) is 17.9 Å². The van der Waals surface area contributed by atoms with Gasteiger partial charge in [-0.05, 0) is 18.6 Å². The number of carboxylic acids is 1. The Kier molecular flexibility index (Phi) is 4.18. The molecule has 0 atom stereocenters. The van der Waals surface area contributed by atoms with Gasteiger partial charge in [0, 0.05) is 12.1 Å². The first-order valence-corrected chi connectivity index (χ1v) is 6.17. The third-order valence-corrected chi connectivity index (χ3v) is 2.92. The largest absolute Gasteiger partial charge is 0.488 e. The van der Waals surface area contributed by atoms with Gasteiger partial charge < -0.3 is 9.84 Å². The van der Waals surface area contributed by atoms with Gasteiger partial charge in [-0.2, -0.15) is 0 Å². The summed E-state index contributed by atoms with van der Waals surface area (Å²) in [5.74, 6) is -1.16. The Balaban J connectivity index is 2.21. The summed E-state index contributed by atoms with van der Waals surface area (Å²) in [6, 6.07) is 11.1. The van der Waals surface area contributed by atoms with Crippen molar-refractivity contribution in [1.29, 1.82) is 0 Å². The van der Waals surface area contributed by atoms with Crippen LogP contribution < -0.4 is 4.74 Å². The highest BCUT2D eigenvalue weighted by Gasteiger charge is 2.17. The number of nitrogens with zero attached hydrogens (tertiary/aromatic N) is 1. The monoisotopic (exact) mass is 287 g/mol. The van der Waals surface area contributed by atoms with Gasteiger partial charge >= 0.3 is 5.97 Å². The minimum atomic E-state index is -1.27. The molecule has 0 aromatic heterocycles. The summed E-state index contributed by atoms with van der Waals surface area (Å²) >= 11 is 0. The number of benzene rings is 2. The molecule has 2 aromatic rings. The molecule has 0 spiro atoms. The number of hydrogen-bond acceptors (Lipinski definition) is 4. The van der Waals surface area contributed by atoms with Crippen LogP contribution in [-0.4, -0.2) is 16.0 Å². The van der Waals surface area contributed by atoms with E-state index in [0.717, 1.165) is 17.2 Å². The van der Waals surface area contributed by atoms with Crippen LogP contribution in [0.2, 0.25) is 0 Å². The normalized spacial score (nSPS) is 10.1. The summed E-state index contributed by atoms with van der Waals surface area (Å²) in [5, 5.41) is 19.8. The molecule has 2 rings (SSSR count). The third-order valence-electron chi connectivity index (χ3n) is 2.92. The molecular formula is C15H13NO5. The van der Waals surface area contributed by atoms with Gasteiger partial charge in [-0.3, -0.25) is 10.1 Å². The number of aryl methyl sites for hydroxylation is 1. The fourth-order valence-electron chi connectivity index (χ4n) is 1.77. The fraction of sp³-hybridized carbons (Fsp3) is 0.133. The molecule has 0 aliphatic heterocycles. The molecule has 0 fully saturated rings. The maximum Gasteiger partial charge on any atom is 0.339 e. The van der Waals surface area contributed by atoms with Crippen molar-refractivity contribution in [2.45, 2.75) is 13.5 Å². The van der Waals surface area contributed by atoms with Gasteiger partial charge in [-0.1, -0.05) is 29.8 Å². The molecule has 0 saturated heterocycles. The number of carbonyl (C=O) groups is 1. The van der Waals surface area contributed by atoms with Crippen LogP contribution in [0.1, 0.15) is 21.5 Å². The molecule has 108 valence electrons. The fourth-order valence-corrected chi connectivity index (χ4v) is 1.77. The van der Waals surface area contributed by atoms with Crippen molar-refractivity contribution < 1.29 is 19.6 Å². The summed E-state index contributed by atoms with van der Waals surface area (Å²) in [5.41, 5.74) is 1.49. The summed E-state index contributed by atoms with van der Waals surface area (Å²) < 4.78 is 5.46. The molecule has 0 radical (unpaired) electrons. The minimum Gasteiger partial charge on any atom is -0.488 e. The minimum absolute atomic E-state index is 0.105. The van der Waals surface area contributed by atoms with Crippen LogP contribution in [0.15, 0.2) is 42.5 Å². The number of ether oxygens (including phenoxy) is 1. The van der Waals surface area contributed by atoms with Crippen molar-refractivity contribution in [2.75, 3.05) is 0 Å². The molecule has 0 aliphatic rings. The zero-order chi connectivity index (χ0) is 15.4. The Morgan fingerprint density at radius 1 is 1.24 bits per heavy atom. The second-order valence-corrected chi connectivity index (χ2v) is 4.52. The zero-order valence-corrected chi connectivity index (χ0v) is 11.3. The van der Waals surface area contributed by atoms with Gasteiger partial charge in [-0.25, -0.2) is 4.79 Å². The first-order valence-electron chi connectivity index (χ1n) is 6.17. The highest BCUT2D eigenvalue weighted by Crippen LogP contribution is 2.25. The Bertz CT molecular complexity index is 679. The van der Waals surface area contributed by atoms with E-state index in [2.05, 4.69) is 0 Å². The number of non-ortho nitro benzene ring substituents is 1. The van der Waals surface area contributed by atoms with E-state index in [1.54, 1.807) is 0 Å². The smallest absolute Gasteiger partial charge is 0.339 e. The molecule has 0 heterocycles. The second kappa shape index (κ2) is 6.04. The van der Waals surface area contributed by atoms with Crippen LogP contribution in [-0.2, 0) is 6.61 Å². The van der Waals surface area contributed by atoms with E-state index in [0.29, 0.717) is 0 Å². The molecule has 0 unspecified atom stereocenters. The van der Waals surface area contributed by atoms with Crippen LogP contribution in [0.3, 0.4) is 0 Å². The number of hydrogen-bond donors (Lipinski definition) is 1. The second-order valence-electron chi connectivity index (χ2n) is 4.52. The van der Waals surface area contributed by atoms with E-state index in [4.69, 9.17) is 9.84 Å². The highest BCUT2D eigenvalue weighted by atomic mass is 16.6. The van der Waals surface area contributed by atoms with Gasteiger partial charge in [0.15, 0.2) is 0 Å². The topological polar surface area (TPSA) is 89.7 Å². The summed E-state index contributed by atoms with van der Waals surface area (Å²) in [7, 11) is 0.